The summed E-state index contributed by atoms with van der Waals surface area (Å²) in [7, 11) is 0. The second kappa shape index (κ2) is 7.67. The van der Waals surface area contributed by atoms with Gasteiger partial charge in [0.05, 0.1) is 0 Å². The monoisotopic (exact) mass is 293 g/mol. The van der Waals surface area contributed by atoms with Crippen molar-refractivity contribution in [3.05, 3.63) is 35.9 Å². The third-order valence-corrected chi connectivity index (χ3v) is 2.75. The molecule has 5 heteroatoms. The molecule has 0 heterocycles. The van der Waals surface area contributed by atoms with E-state index in [0.29, 0.717) is 12.8 Å². The van der Waals surface area contributed by atoms with E-state index in [4.69, 9.17) is 9.84 Å². The average molecular weight is 293 g/mol. The first-order valence-electron chi connectivity index (χ1n) is 7.01. The molecule has 0 aliphatic rings. The topological polar surface area (TPSA) is 75.6 Å². The second-order valence-corrected chi connectivity index (χ2v) is 5.97. The Labute approximate surface area is 125 Å². The molecule has 1 aromatic carbocycles. The van der Waals surface area contributed by atoms with Crippen molar-refractivity contribution in [2.75, 3.05) is 0 Å². The van der Waals surface area contributed by atoms with Gasteiger partial charge in [-0.15, -0.1) is 0 Å². The molecule has 21 heavy (non-hydrogen) atoms. The summed E-state index contributed by atoms with van der Waals surface area (Å²) in [6.45, 7) is 5.36. The molecule has 0 unspecified atom stereocenters. The van der Waals surface area contributed by atoms with E-state index in [1.54, 1.807) is 20.8 Å². The van der Waals surface area contributed by atoms with E-state index < -0.39 is 17.7 Å². The lowest BCUT2D eigenvalue weighted by atomic mass is 10.0. The number of aliphatic carboxylic acids is 1. The van der Waals surface area contributed by atoms with Crippen LogP contribution in [0.3, 0.4) is 0 Å². The Morgan fingerprint density at radius 1 is 1.24 bits per heavy atom. The third-order valence-electron chi connectivity index (χ3n) is 2.75. The molecule has 1 atom stereocenters. The quantitative estimate of drug-likeness (QED) is 0.845. The van der Waals surface area contributed by atoms with Crippen molar-refractivity contribution in [2.45, 2.75) is 51.7 Å². The van der Waals surface area contributed by atoms with Crippen molar-refractivity contribution in [2.24, 2.45) is 0 Å². The number of carboxylic acid groups (broad SMARTS) is 1. The van der Waals surface area contributed by atoms with E-state index in [0.717, 1.165) is 5.56 Å². The minimum absolute atomic E-state index is 0.00724. The number of benzene rings is 1. The van der Waals surface area contributed by atoms with Crippen LogP contribution >= 0.6 is 0 Å². The summed E-state index contributed by atoms with van der Waals surface area (Å²) >= 11 is 0. The van der Waals surface area contributed by atoms with Crippen LogP contribution in [0.1, 0.15) is 39.2 Å². The highest BCUT2D eigenvalue weighted by Crippen LogP contribution is 2.11. The molecule has 0 spiro atoms. The molecule has 0 saturated carbocycles. The first-order chi connectivity index (χ1) is 9.76. The van der Waals surface area contributed by atoms with Gasteiger partial charge in [0.15, 0.2) is 0 Å². The summed E-state index contributed by atoms with van der Waals surface area (Å²) in [4.78, 5) is 22.6. The molecule has 0 bridgehead atoms. The lowest BCUT2D eigenvalue weighted by molar-refractivity contribution is -0.137. The predicted octanol–water partition coefficient (Wildman–Crippen LogP) is 2.99. The van der Waals surface area contributed by atoms with Crippen molar-refractivity contribution >= 4 is 12.1 Å². The van der Waals surface area contributed by atoms with Crippen LogP contribution in [-0.2, 0) is 16.0 Å². The summed E-state index contributed by atoms with van der Waals surface area (Å²) in [5.74, 6) is -0.876. The highest BCUT2D eigenvalue weighted by molar-refractivity contribution is 5.69. The maximum absolute atomic E-state index is 11.8. The number of rotatable bonds is 6. The van der Waals surface area contributed by atoms with E-state index in [2.05, 4.69) is 5.32 Å². The normalized spacial score (nSPS) is 12.5. The van der Waals surface area contributed by atoms with Gasteiger partial charge in [-0.05, 0) is 39.2 Å². The molecule has 1 rings (SSSR count). The lowest BCUT2D eigenvalue weighted by Gasteiger charge is -2.23. The van der Waals surface area contributed by atoms with Gasteiger partial charge in [0, 0.05) is 12.5 Å². The minimum atomic E-state index is -0.876. The highest BCUT2D eigenvalue weighted by atomic mass is 16.6. The summed E-state index contributed by atoms with van der Waals surface area (Å²) in [6.07, 6.45) is 0.429. The fraction of sp³-hybridized carbons (Fsp3) is 0.500. The number of alkyl carbamates (subject to hydrolysis) is 1. The molecule has 0 aliphatic carbocycles. The molecular formula is C16H23NO4. The second-order valence-electron chi connectivity index (χ2n) is 5.97. The zero-order valence-electron chi connectivity index (χ0n) is 12.8. The summed E-state index contributed by atoms with van der Waals surface area (Å²) in [5, 5.41) is 11.6. The zero-order valence-corrected chi connectivity index (χ0v) is 12.8. The number of carboxylic acids is 1. The van der Waals surface area contributed by atoms with Crippen LogP contribution in [0.2, 0.25) is 0 Å². The van der Waals surface area contributed by atoms with Crippen LogP contribution in [0, 0.1) is 0 Å². The number of carbonyl (C=O) groups excluding carboxylic acids is 1. The van der Waals surface area contributed by atoms with Gasteiger partial charge in [0.2, 0.25) is 0 Å². The molecule has 5 nitrogen and oxygen atoms in total. The van der Waals surface area contributed by atoms with Gasteiger partial charge in [-0.3, -0.25) is 4.79 Å². The van der Waals surface area contributed by atoms with E-state index in [1.165, 1.54) is 0 Å². The zero-order chi connectivity index (χ0) is 15.9. The molecule has 2 N–H and O–H groups in total. The van der Waals surface area contributed by atoms with Gasteiger partial charge >= 0.3 is 12.1 Å². The van der Waals surface area contributed by atoms with Crippen molar-refractivity contribution in [3.63, 3.8) is 0 Å². The number of ether oxygens (including phenoxy) is 1. The summed E-state index contributed by atoms with van der Waals surface area (Å²) in [6, 6.07) is 9.37. The number of carbonyl (C=O) groups is 2. The van der Waals surface area contributed by atoms with Gasteiger partial charge in [-0.25, -0.2) is 4.79 Å². The SMILES string of the molecule is CC(C)(C)OC(=O)N[C@H](CCC(=O)O)Cc1ccccc1. The fourth-order valence-corrected chi connectivity index (χ4v) is 1.90. The maximum Gasteiger partial charge on any atom is 0.407 e. The number of hydrogen-bond donors (Lipinski definition) is 2. The summed E-state index contributed by atoms with van der Waals surface area (Å²) in [5.41, 5.74) is 0.470. The van der Waals surface area contributed by atoms with E-state index in [1.807, 2.05) is 30.3 Å². The van der Waals surface area contributed by atoms with Crippen molar-refractivity contribution in [3.8, 4) is 0 Å². The molecule has 0 aliphatic heterocycles. The van der Waals surface area contributed by atoms with Gasteiger partial charge in [-0.1, -0.05) is 30.3 Å². The maximum atomic E-state index is 11.8. The lowest BCUT2D eigenvalue weighted by Crippen LogP contribution is -2.40. The third kappa shape index (κ3) is 7.97. The molecule has 0 saturated heterocycles. The van der Waals surface area contributed by atoms with Crippen LogP contribution in [0.25, 0.3) is 0 Å². The molecule has 116 valence electrons. The van der Waals surface area contributed by atoms with E-state index >= 15 is 0 Å². The first kappa shape index (κ1) is 17.0. The molecule has 1 amide bonds. The van der Waals surface area contributed by atoms with Crippen LogP contribution in [0.5, 0.6) is 0 Å². The molecule has 0 aromatic heterocycles. The van der Waals surface area contributed by atoms with Crippen molar-refractivity contribution < 1.29 is 19.4 Å². The van der Waals surface area contributed by atoms with Gasteiger partial charge in [-0.2, -0.15) is 0 Å². The Morgan fingerprint density at radius 2 is 1.86 bits per heavy atom. The molecule has 0 fully saturated rings. The summed E-state index contributed by atoms with van der Waals surface area (Å²) < 4.78 is 5.22. The van der Waals surface area contributed by atoms with Crippen LogP contribution < -0.4 is 5.32 Å². The standard InChI is InChI=1S/C16H23NO4/c1-16(2,3)21-15(20)17-13(9-10-14(18)19)11-12-7-5-4-6-8-12/h4-8,13H,9-11H2,1-3H3,(H,17,20)(H,18,19)/t13-/m1/s1. The van der Waals surface area contributed by atoms with Crippen LogP contribution in [0.4, 0.5) is 4.79 Å². The van der Waals surface area contributed by atoms with Crippen LogP contribution in [-0.4, -0.2) is 28.8 Å². The van der Waals surface area contributed by atoms with Gasteiger partial charge < -0.3 is 15.2 Å². The Bertz CT molecular complexity index is 465. The van der Waals surface area contributed by atoms with Crippen LogP contribution in [0.15, 0.2) is 30.3 Å². The van der Waals surface area contributed by atoms with Crippen molar-refractivity contribution in [1.29, 1.82) is 0 Å². The predicted molar refractivity (Wildman–Crippen MR) is 80.2 cm³/mol. The smallest absolute Gasteiger partial charge is 0.407 e. The van der Waals surface area contributed by atoms with E-state index in [-0.39, 0.29) is 12.5 Å². The highest BCUT2D eigenvalue weighted by Gasteiger charge is 2.20. The molecular weight excluding hydrogens is 270 g/mol. The minimum Gasteiger partial charge on any atom is -0.481 e. The van der Waals surface area contributed by atoms with Crippen molar-refractivity contribution in [1.82, 2.24) is 5.32 Å². The number of amides is 1. The Kier molecular flexibility index (Phi) is 6.21. The molecule has 1 aromatic rings. The fourth-order valence-electron chi connectivity index (χ4n) is 1.90. The Balaban J connectivity index is 2.63. The van der Waals surface area contributed by atoms with Gasteiger partial charge in [0.1, 0.15) is 5.60 Å². The largest absolute Gasteiger partial charge is 0.481 e. The first-order valence-corrected chi connectivity index (χ1v) is 7.01. The van der Waals surface area contributed by atoms with Gasteiger partial charge in [0.25, 0.3) is 0 Å². The molecule has 0 radical (unpaired) electrons. The van der Waals surface area contributed by atoms with E-state index in [9.17, 15) is 9.59 Å². The Hall–Kier alpha value is -2.04. The Morgan fingerprint density at radius 3 is 2.38 bits per heavy atom. The number of hydrogen-bond acceptors (Lipinski definition) is 3. The average Bonchev–Trinajstić information content (AvgIpc) is 2.34. The number of nitrogens with one attached hydrogen (secondary N) is 1.